The highest BCUT2D eigenvalue weighted by Crippen LogP contribution is 2.25. The van der Waals surface area contributed by atoms with E-state index in [0.29, 0.717) is 18.7 Å². The summed E-state index contributed by atoms with van der Waals surface area (Å²) >= 11 is 0. The number of hydrogen-bond donors (Lipinski definition) is 1. The Hall–Kier alpha value is -3.34. The van der Waals surface area contributed by atoms with Crippen molar-refractivity contribution in [3.63, 3.8) is 0 Å². The predicted octanol–water partition coefficient (Wildman–Crippen LogP) is 3.86. The van der Waals surface area contributed by atoms with Crippen molar-refractivity contribution in [2.75, 3.05) is 6.61 Å². The van der Waals surface area contributed by atoms with E-state index < -0.39 is 12.1 Å². The van der Waals surface area contributed by atoms with Crippen molar-refractivity contribution in [2.45, 2.75) is 26.0 Å². The van der Waals surface area contributed by atoms with E-state index in [4.69, 9.17) is 9.47 Å². The van der Waals surface area contributed by atoms with Gasteiger partial charge in [0.1, 0.15) is 5.75 Å². The summed E-state index contributed by atoms with van der Waals surface area (Å²) in [5, 5.41) is 4.75. The number of esters is 1. The van der Waals surface area contributed by atoms with Gasteiger partial charge in [0.05, 0.1) is 0 Å². The maximum atomic E-state index is 12.3. The maximum Gasteiger partial charge on any atom is 0.344 e. The summed E-state index contributed by atoms with van der Waals surface area (Å²) in [6.45, 7) is 1.93. The summed E-state index contributed by atoms with van der Waals surface area (Å²) in [7, 11) is 0. The number of carbonyl (C=O) groups is 2. The van der Waals surface area contributed by atoms with E-state index in [2.05, 4.69) is 5.32 Å². The molecule has 144 valence electrons. The number of ether oxygens (including phenoxy) is 2. The van der Waals surface area contributed by atoms with Gasteiger partial charge in [-0.2, -0.15) is 0 Å². The third-order valence-corrected chi connectivity index (χ3v) is 4.34. The number of hydrogen-bond acceptors (Lipinski definition) is 4. The van der Waals surface area contributed by atoms with Gasteiger partial charge in [-0.15, -0.1) is 0 Å². The van der Waals surface area contributed by atoms with Crippen LogP contribution in [0.15, 0.2) is 72.8 Å². The Morgan fingerprint density at radius 3 is 2.43 bits per heavy atom. The zero-order chi connectivity index (χ0) is 19.8. The topological polar surface area (TPSA) is 64.6 Å². The van der Waals surface area contributed by atoms with Crippen LogP contribution in [0.2, 0.25) is 0 Å². The van der Waals surface area contributed by atoms with Gasteiger partial charge >= 0.3 is 5.97 Å². The number of benzene rings is 3. The Balaban J connectivity index is 1.52. The van der Waals surface area contributed by atoms with Gasteiger partial charge in [-0.3, -0.25) is 4.79 Å². The molecule has 0 aliphatic carbocycles. The Labute approximate surface area is 164 Å². The van der Waals surface area contributed by atoms with Crippen molar-refractivity contribution in [2.24, 2.45) is 0 Å². The van der Waals surface area contributed by atoms with Crippen LogP contribution >= 0.6 is 0 Å². The van der Waals surface area contributed by atoms with Crippen LogP contribution in [0, 0.1) is 0 Å². The number of carbonyl (C=O) groups excluding carboxylic acids is 2. The van der Waals surface area contributed by atoms with Crippen molar-refractivity contribution >= 4 is 22.6 Å². The second-order valence-corrected chi connectivity index (χ2v) is 6.36. The number of fused-ring (bicyclic) bond motifs is 1. The van der Waals surface area contributed by atoms with Gasteiger partial charge in [0.25, 0.3) is 5.91 Å². The van der Waals surface area contributed by atoms with Gasteiger partial charge in [0.2, 0.25) is 0 Å². The lowest BCUT2D eigenvalue weighted by atomic mass is 10.1. The predicted molar refractivity (Wildman–Crippen MR) is 108 cm³/mol. The molecule has 0 radical (unpaired) electrons. The summed E-state index contributed by atoms with van der Waals surface area (Å²) in [5.74, 6) is -0.281. The molecule has 1 N–H and O–H groups in total. The minimum Gasteiger partial charge on any atom is -0.481 e. The smallest absolute Gasteiger partial charge is 0.344 e. The molecule has 0 aliphatic heterocycles. The van der Waals surface area contributed by atoms with Gasteiger partial charge in [-0.05, 0) is 23.4 Å². The van der Waals surface area contributed by atoms with E-state index >= 15 is 0 Å². The quantitative estimate of drug-likeness (QED) is 0.606. The minimum atomic E-state index is -0.840. The fourth-order valence-corrected chi connectivity index (χ4v) is 2.87. The van der Waals surface area contributed by atoms with Gasteiger partial charge in [-0.25, -0.2) is 4.79 Å². The summed E-state index contributed by atoms with van der Waals surface area (Å²) in [4.78, 5) is 24.5. The number of rotatable bonds is 8. The van der Waals surface area contributed by atoms with Gasteiger partial charge in [0, 0.05) is 11.9 Å². The monoisotopic (exact) mass is 377 g/mol. The normalized spacial score (nSPS) is 11.6. The summed E-state index contributed by atoms with van der Waals surface area (Å²) in [6.07, 6.45) is -0.451. The molecule has 3 aromatic rings. The molecule has 1 atom stereocenters. The van der Waals surface area contributed by atoms with Crippen molar-refractivity contribution in [3.05, 3.63) is 78.4 Å². The molecular weight excluding hydrogens is 354 g/mol. The molecule has 1 amide bonds. The highest BCUT2D eigenvalue weighted by Gasteiger charge is 2.21. The third kappa shape index (κ3) is 5.10. The van der Waals surface area contributed by atoms with Crippen LogP contribution in [0.3, 0.4) is 0 Å². The molecule has 5 nitrogen and oxygen atoms in total. The molecule has 0 bridgehead atoms. The third-order valence-electron chi connectivity index (χ3n) is 4.34. The Morgan fingerprint density at radius 2 is 1.64 bits per heavy atom. The van der Waals surface area contributed by atoms with Gasteiger partial charge < -0.3 is 14.8 Å². The average molecular weight is 377 g/mol. The molecular formula is C23H23NO4. The first-order valence-electron chi connectivity index (χ1n) is 9.29. The van der Waals surface area contributed by atoms with Gasteiger partial charge in [-0.1, -0.05) is 73.7 Å². The molecule has 28 heavy (non-hydrogen) atoms. The van der Waals surface area contributed by atoms with Crippen LogP contribution in [0.4, 0.5) is 0 Å². The van der Waals surface area contributed by atoms with E-state index in [9.17, 15) is 9.59 Å². The molecule has 0 saturated carbocycles. The molecule has 0 spiro atoms. The lowest BCUT2D eigenvalue weighted by Gasteiger charge is -2.16. The van der Waals surface area contributed by atoms with E-state index in [1.165, 1.54) is 0 Å². The molecule has 3 rings (SSSR count). The van der Waals surface area contributed by atoms with Gasteiger partial charge in [0.15, 0.2) is 12.7 Å². The SMILES string of the molecule is CCC(OC(=O)COc1cccc2ccccc12)C(=O)NCc1ccccc1. The lowest BCUT2D eigenvalue weighted by Crippen LogP contribution is -2.38. The zero-order valence-corrected chi connectivity index (χ0v) is 15.8. The second-order valence-electron chi connectivity index (χ2n) is 6.36. The standard InChI is InChI=1S/C23H23NO4/c1-2-20(23(26)24-15-17-9-4-3-5-10-17)28-22(25)16-27-21-14-8-12-18-11-6-7-13-19(18)21/h3-14,20H,2,15-16H2,1H3,(H,24,26). The van der Waals surface area contributed by atoms with E-state index in [1.54, 1.807) is 13.0 Å². The molecule has 3 aromatic carbocycles. The average Bonchev–Trinajstić information content (AvgIpc) is 2.75. The Kier molecular flexibility index (Phi) is 6.63. The fourth-order valence-electron chi connectivity index (χ4n) is 2.87. The second kappa shape index (κ2) is 9.55. The van der Waals surface area contributed by atoms with E-state index in [1.807, 2.05) is 66.7 Å². The van der Waals surface area contributed by atoms with E-state index in [-0.39, 0.29) is 12.5 Å². The van der Waals surface area contributed by atoms with Crippen LogP contribution < -0.4 is 10.1 Å². The molecule has 5 heteroatoms. The van der Waals surface area contributed by atoms with Crippen molar-refractivity contribution < 1.29 is 19.1 Å². The van der Waals surface area contributed by atoms with Crippen molar-refractivity contribution in [1.82, 2.24) is 5.32 Å². The Bertz CT molecular complexity index is 934. The Morgan fingerprint density at radius 1 is 0.929 bits per heavy atom. The summed E-state index contributed by atoms with van der Waals surface area (Å²) in [6, 6.07) is 23.0. The molecule has 0 aliphatic rings. The first-order chi connectivity index (χ1) is 13.7. The van der Waals surface area contributed by atoms with Crippen LogP contribution in [0.5, 0.6) is 5.75 Å². The fraction of sp³-hybridized carbons (Fsp3) is 0.217. The van der Waals surface area contributed by atoms with Crippen LogP contribution in [-0.2, 0) is 20.9 Å². The van der Waals surface area contributed by atoms with Crippen LogP contribution in [0.25, 0.3) is 10.8 Å². The van der Waals surface area contributed by atoms with Crippen molar-refractivity contribution in [3.8, 4) is 5.75 Å². The summed E-state index contributed by atoms with van der Waals surface area (Å²) in [5.41, 5.74) is 0.983. The highest BCUT2D eigenvalue weighted by atomic mass is 16.6. The lowest BCUT2D eigenvalue weighted by molar-refractivity contribution is -0.158. The highest BCUT2D eigenvalue weighted by molar-refractivity contribution is 5.88. The summed E-state index contributed by atoms with van der Waals surface area (Å²) < 4.78 is 10.9. The van der Waals surface area contributed by atoms with E-state index in [0.717, 1.165) is 16.3 Å². The van der Waals surface area contributed by atoms with Crippen LogP contribution in [0.1, 0.15) is 18.9 Å². The first-order valence-corrected chi connectivity index (χ1v) is 9.29. The molecule has 0 saturated heterocycles. The zero-order valence-electron chi connectivity index (χ0n) is 15.8. The molecule has 1 unspecified atom stereocenters. The largest absolute Gasteiger partial charge is 0.481 e. The number of nitrogens with one attached hydrogen (secondary N) is 1. The van der Waals surface area contributed by atoms with Crippen molar-refractivity contribution in [1.29, 1.82) is 0 Å². The minimum absolute atomic E-state index is 0.253. The number of amides is 1. The maximum absolute atomic E-state index is 12.3. The molecule has 0 fully saturated rings. The molecule has 0 aromatic heterocycles. The van der Waals surface area contributed by atoms with Crippen LogP contribution in [-0.4, -0.2) is 24.6 Å². The first kappa shape index (κ1) is 19.4. The molecule has 0 heterocycles.